The van der Waals surface area contributed by atoms with E-state index in [2.05, 4.69) is 11.6 Å². The largest absolute Gasteiger partial charge is 0.480 e. The Kier molecular flexibility index (Phi) is 4.19. The minimum absolute atomic E-state index is 0.211. The summed E-state index contributed by atoms with van der Waals surface area (Å²) in [5.74, 6) is -1.36. The Morgan fingerprint density at radius 1 is 1.69 bits per heavy atom. The Hall–Kier alpha value is -1.69. The van der Waals surface area contributed by atoms with Gasteiger partial charge in [0.1, 0.15) is 11.4 Å². The fourth-order valence-corrected chi connectivity index (χ4v) is 1.96. The Balaban J connectivity index is 2.86. The van der Waals surface area contributed by atoms with Crippen LogP contribution in [0.4, 0.5) is 0 Å². The van der Waals surface area contributed by atoms with Gasteiger partial charge >= 0.3 is 5.97 Å². The molecule has 6 heteroatoms. The van der Waals surface area contributed by atoms with E-state index in [1.165, 1.54) is 22.3 Å². The number of amides is 1. The van der Waals surface area contributed by atoms with Crippen LogP contribution in [0.25, 0.3) is 0 Å². The van der Waals surface area contributed by atoms with Gasteiger partial charge in [0, 0.05) is 6.54 Å². The molecule has 1 amide bonds. The summed E-state index contributed by atoms with van der Waals surface area (Å²) in [5.41, 5.74) is 2.18. The zero-order valence-corrected chi connectivity index (χ0v) is 9.66. The third-order valence-corrected chi connectivity index (χ3v) is 2.82. The molecule has 86 valence electrons. The lowest BCUT2D eigenvalue weighted by molar-refractivity contribution is -0.137. The van der Waals surface area contributed by atoms with Crippen LogP contribution in [0.5, 0.6) is 0 Å². The van der Waals surface area contributed by atoms with Gasteiger partial charge in [0.15, 0.2) is 0 Å². The van der Waals surface area contributed by atoms with E-state index in [1.54, 1.807) is 12.4 Å². The molecule has 0 spiro atoms. The molecule has 0 saturated heterocycles. The average Bonchev–Trinajstić information content (AvgIpc) is 2.62. The minimum atomic E-state index is -1.04. The van der Waals surface area contributed by atoms with Gasteiger partial charge in [-0.1, -0.05) is 6.08 Å². The van der Waals surface area contributed by atoms with Crippen molar-refractivity contribution in [2.75, 3.05) is 13.1 Å². The lowest BCUT2D eigenvalue weighted by atomic mass is 10.3. The second kappa shape index (κ2) is 5.41. The Bertz CT molecular complexity index is 414. The molecule has 0 radical (unpaired) electrons. The summed E-state index contributed by atoms with van der Waals surface area (Å²) in [4.78, 5) is 28.2. The van der Waals surface area contributed by atoms with Crippen molar-refractivity contribution in [1.82, 2.24) is 9.88 Å². The summed E-state index contributed by atoms with van der Waals surface area (Å²) in [6, 6.07) is 0. The Morgan fingerprint density at radius 2 is 2.38 bits per heavy atom. The van der Waals surface area contributed by atoms with Crippen LogP contribution in [0.2, 0.25) is 0 Å². The number of nitrogens with zero attached hydrogens (tertiary/aromatic N) is 2. The highest BCUT2D eigenvalue weighted by Gasteiger charge is 2.20. The monoisotopic (exact) mass is 240 g/mol. The molecule has 16 heavy (non-hydrogen) atoms. The van der Waals surface area contributed by atoms with Crippen molar-refractivity contribution in [3.8, 4) is 0 Å². The number of carboxylic acids is 1. The lowest BCUT2D eigenvalue weighted by Gasteiger charge is -2.17. The molecule has 0 unspecified atom stereocenters. The predicted octanol–water partition coefficient (Wildman–Crippen LogP) is 1.16. The molecule has 1 heterocycles. The quantitative estimate of drug-likeness (QED) is 0.784. The molecule has 0 atom stereocenters. The number of aryl methyl sites for hydroxylation is 1. The maximum atomic E-state index is 11.9. The molecule has 1 N–H and O–H groups in total. The topological polar surface area (TPSA) is 70.5 Å². The number of carboxylic acid groups (broad SMARTS) is 1. The first-order valence-electron chi connectivity index (χ1n) is 4.58. The van der Waals surface area contributed by atoms with Gasteiger partial charge in [-0.05, 0) is 6.92 Å². The molecule has 1 rings (SSSR count). The minimum Gasteiger partial charge on any atom is -0.480 e. The van der Waals surface area contributed by atoms with Crippen LogP contribution in [0.1, 0.15) is 15.4 Å². The van der Waals surface area contributed by atoms with Crippen LogP contribution >= 0.6 is 11.3 Å². The van der Waals surface area contributed by atoms with E-state index in [1.807, 2.05) is 0 Å². The zero-order valence-electron chi connectivity index (χ0n) is 8.84. The smallest absolute Gasteiger partial charge is 0.323 e. The first kappa shape index (κ1) is 12.4. The fourth-order valence-electron chi connectivity index (χ4n) is 1.19. The van der Waals surface area contributed by atoms with Crippen LogP contribution in [0.3, 0.4) is 0 Å². The van der Waals surface area contributed by atoms with Crippen molar-refractivity contribution in [1.29, 1.82) is 0 Å². The van der Waals surface area contributed by atoms with Gasteiger partial charge in [-0.15, -0.1) is 17.9 Å². The molecule has 1 aromatic rings. The summed E-state index contributed by atoms with van der Waals surface area (Å²) in [6.07, 6.45) is 1.50. The molecular formula is C10H12N2O3S. The number of hydrogen-bond donors (Lipinski definition) is 1. The second-order valence-corrected chi connectivity index (χ2v) is 3.99. The summed E-state index contributed by atoms with van der Waals surface area (Å²) < 4.78 is 0. The molecule has 0 saturated carbocycles. The Labute approximate surface area is 97.0 Å². The molecule has 0 aliphatic carbocycles. The molecule has 0 aliphatic heterocycles. The maximum Gasteiger partial charge on any atom is 0.323 e. The molecule has 0 aliphatic rings. The maximum absolute atomic E-state index is 11.9. The van der Waals surface area contributed by atoms with Crippen LogP contribution in [0.15, 0.2) is 18.2 Å². The van der Waals surface area contributed by atoms with Crippen molar-refractivity contribution in [2.45, 2.75) is 6.92 Å². The molecule has 1 aromatic heterocycles. The molecular weight excluding hydrogens is 228 g/mol. The number of thiazole rings is 1. The highest BCUT2D eigenvalue weighted by molar-refractivity contribution is 7.11. The third kappa shape index (κ3) is 2.90. The van der Waals surface area contributed by atoms with E-state index < -0.39 is 5.97 Å². The van der Waals surface area contributed by atoms with Crippen LogP contribution in [-0.2, 0) is 4.79 Å². The number of hydrogen-bond acceptors (Lipinski definition) is 4. The highest BCUT2D eigenvalue weighted by Crippen LogP contribution is 2.14. The second-order valence-electron chi connectivity index (χ2n) is 3.13. The van der Waals surface area contributed by atoms with Gasteiger partial charge in [-0.3, -0.25) is 9.59 Å². The normalized spacial score (nSPS) is 9.81. The van der Waals surface area contributed by atoms with Crippen molar-refractivity contribution >= 4 is 23.2 Å². The fraction of sp³-hybridized carbons (Fsp3) is 0.300. The van der Waals surface area contributed by atoms with E-state index in [-0.39, 0.29) is 19.0 Å². The van der Waals surface area contributed by atoms with Crippen LogP contribution < -0.4 is 0 Å². The summed E-state index contributed by atoms with van der Waals surface area (Å²) in [5, 5.41) is 8.69. The summed E-state index contributed by atoms with van der Waals surface area (Å²) >= 11 is 1.21. The number of carbonyl (C=O) groups is 2. The van der Waals surface area contributed by atoms with Gasteiger partial charge in [0.25, 0.3) is 5.91 Å². The van der Waals surface area contributed by atoms with Crippen molar-refractivity contribution < 1.29 is 14.7 Å². The first-order valence-corrected chi connectivity index (χ1v) is 5.46. The first-order chi connectivity index (χ1) is 7.56. The zero-order chi connectivity index (χ0) is 12.1. The van der Waals surface area contributed by atoms with E-state index in [9.17, 15) is 9.59 Å². The van der Waals surface area contributed by atoms with Gasteiger partial charge in [-0.25, -0.2) is 4.98 Å². The van der Waals surface area contributed by atoms with Gasteiger partial charge in [0.2, 0.25) is 0 Å². The van der Waals surface area contributed by atoms with Crippen molar-refractivity contribution in [3.63, 3.8) is 0 Å². The number of rotatable bonds is 5. The van der Waals surface area contributed by atoms with E-state index in [4.69, 9.17) is 5.11 Å². The van der Waals surface area contributed by atoms with Gasteiger partial charge < -0.3 is 10.0 Å². The summed E-state index contributed by atoms with van der Waals surface area (Å²) in [6.45, 7) is 5.09. The molecule has 0 fully saturated rings. The van der Waals surface area contributed by atoms with E-state index in [0.717, 1.165) is 0 Å². The van der Waals surface area contributed by atoms with Crippen LogP contribution in [-0.4, -0.2) is 40.0 Å². The standard InChI is InChI=1S/C10H12N2O3S/c1-3-4-12(5-8(13)14)10(15)9-7(2)11-6-16-9/h3,6H,1,4-5H2,2H3,(H,13,14). The van der Waals surface area contributed by atoms with E-state index in [0.29, 0.717) is 10.6 Å². The van der Waals surface area contributed by atoms with E-state index >= 15 is 0 Å². The van der Waals surface area contributed by atoms with Crippen molar-refractivity contribution in [3.05, 3.63) is 28.7 Å². The number of aliphatic carboxylic acids is 1. The van der Waals surface area contributed by atoms with Gasteiger partial charge in [-0.2, -0.15) is 0 Å². The summed E-state index contributed by atoms with van der Waals surface area (Å²) in [7, 11) is 0. The highest BCUT2D eigenvalue weighted by atomic mass is 32.1. The average molecular weight is 240 g/mol. The Morgan fingerprint density at radius 3 is 2.81 bits per heavy atom. The molecule has 5 nitrogen and oxygen atoms in total. The number of carbonyl (C=O) groups excluding carboxylic acids is 1. The SMILES string of the molecule is C=CCN(CC(=O)O)C(=O)c1scnc1C. The third-order valence-electron chi connectivity index (χ3n) is 1.90. The lowest BCUT2D eigenvalue weighted by Crippen LogP contribution is -2.35. The molecule has 0 aromatic carbocycles. The van der Waals surface area contributed by atoms with Gasteiger partial charge in [0.05, 0.1) is 11.2 Å². The van der Waals surface area contributed by atoms with Crippen LogP contribution in [0, 0.1) is 6.92 Å². The predicted molar refractivity (Wildman–Crippen MR) is 60.6 cm³/mol. The molecule has 0 bridgehead atoms. The van der Waals surface area contributed by atoms with Crippen molar-refractivity contribution in [2.24, 2.45) is 0 Å². The number of aromatic nitrogens is 1.